The first-order valence-corrected chi connectivity index (χ1v) is 7.93. The number of nitriles is 1. The molecule has 3 nitrogen and oxygen atoms in total. The highest BCUT2D eigenvalue weighted by Crippen LogP contribution is 2.35. The van der Waals surface area contributed by atoms with Gasteiger partial charge in [0, 0.05) is 13.1 Å². The molecule has 0 unspecified atom stereocenters. The van der Waals surface area contributed by atoms with Gasteiger partial charge in [0.05, 0.1) is 11.3 Å². The van der Waals surface area contributed by atoms with Crippen LogP contribution in [0.5, 0.6) is 0 Å². The quantitative estimate of drug-likeness (QED) is 0.824. The van der Waals surface area contributed by atoms with E-state index >= 15 is 0 Å². The maximum Gasteiger partial charge on any atom is 0.132 e. The summed E-state index contributed by atoms with van der Waals surface area (Å²) in [5.41, 5.74) is 4.56. The number of nitrogens with zero attached hydrogens (tertiary/aromatic N) is 3. The number of fused-ring (bicyclic) bond motifs is 1. The summed E-state index contributed by atoms with van der Waals surface area (Å²) in [6.45, 7) is 6.55. The monoisotopic (exact) mass is 269 g/mol. The summed E-state index contributed by atoms with van der Waals surface area (Å²) in [5, 5.41) is 9.58. The molecule has 2 aliphatic rings. The van der Waals surface area contributed by atoms with Gasteiger partial charge in [-0.25, -0.2) is 4.98 Å². The van der Waals surface area contributed by atoms with Crippen LogP contribution in [0.15, 0.2) is 0 Å². The Bertz CT molecular complexity index is 548. The van der Waals surface area contributed by atoms with Crippen LogP contribution in [0.2, 0.25) is 0 Å². The van der Waals surface area contributed by atoms with Gasteiger partial charge in [-0.2, -0.15) is 5.26 Å². The third kappa shape index (κ3) is 2.18. The normalized spacial score (nSPS) is 18.2. The first-order valence-electron chi connectivity index (χ1n) is 7.93. The number of pyridine rings is 1. The van der Waals surface area contributed by atoms with E-state index in [9.17, 15) is 5.26 Å². The van der Waals surface area contributed by atoms with Crippen molar-refractivity contribution in [2.75, 3.05) is 18.0 Å². The molecular weight excluding hydrogens is 246 g/mol. The van der Waals surface area contributed by atoms with Gasteiger partial charge in [0.25, 0.3) is 0 Å². The predicted octanol–water partition coefficient (Wildman–Crippen LogP) is 3.56. The number of hydrogen-bond acceptors (Lipinski definition) is 3. The molecule has 0 radical (unpaired) electrons. The first kappa shape index (κ1) is 13.4. The van der Waals surface area contributed by atoms with Gasteiger partial charge in [-0.15, -0.1) is 0 Å². The van der Waals surface area contributed by atoms with Gasteiger partial charge in [0.2, 0.25) is 0 Å². The molecule has 1 aliphatic carbocycles. The van der Waals surface area contributed by atoms with Gasteiger partial charge in [-0.1, -0.05) is 13.8 Å². The highest BCUT2D eigenvalue weighted by atomic mass is 15.2. The van der Waals surface area contributed by atoms with Crippen LogP contribution in [0.4, 0.5) is 5.82 Å². The molecule has 1 fully saturated rings. The van der Waals surface area contributed by atoms with E-state index < -0.39 is 0 Å². The Morgan fingerprint density at radius 2 is 1.70 bits per heavy atom. The Labute approximate surface area is 121 Å². The fourth-order valence-electron chi connectivity index (χ4n) is 3.55. The second kappa shape index (κ2) is 5.44. The van der Waals surface area contributed by atoms with E-state index in [1.54, 1.807) is 0 Å². The van der Waals surface area contributed by atoms with Crippen molar-refractivity contribution in [1.82, 2.24) is 4.98 Å². The molecule has 0 aromatic carbocycles. The van der Waals surface area contributed by atoms with Crippen LogP contribution in [-0.4, -0.2) is 18.1 Å². The van der Waals surface area contributed by atoms with Gasteiger partial charge in [-0.3, -0.25) is 0 Å². The van der Waals surface area contributed by atoms with Gasteiger partial charge in [0.15, 0.2) is 0 Å². The minimum Gasteiger partial charge on any atom is -0.356 e. The molecule has 2 heterocycles. The lowest BCUT2D eigenvalue weighted by molar-refractivity contribution is 0.668. The van der Waals surface area contributed by atoms with Gasteiger partial charge >= 0.3 is 0 Å². The summed E-state index contributed by atoms with van der Waals surface area (Å²) >= 11 is 0. The summed E-state index contributed by atoms with van der Waals surface area (Å²) in [4.78, 5) is 7.38. The highest BCUT2D eigenvalue weighted by Gasteiger charge is 2.26. The molecule has 0 saturated carbocycles. The second-order valence-electron chi connectivity index (χ2n) is 6.32. The van der Waals surface area contributed by atoms with Crippen LogP contribution in [-0.2, 0) is 12.8 Å². The molecule has 0 spiro atoms. The van der Waals surface area contributed by atoms with Crippen molar-refractivity contribution in [2.24, 2.45) is 0 Å². The fraction of sp³-hybridized carbons (Fsp3) is 0.647. The number of rotatable bonds is 2. The SMILES string of the molecule is CC(C)c1nc(N2CCCC2)c2c(c1C#N)CCCC2. The van der Waals surface area contributed by atoms with E-state index in [0.29, 0.717) is 5.92 Å². The summed E-state index contributed by atoms with van der Waals surface area (Å²) < 4.78 is 0. The van der Waals surface area contributed by atoms with E-state index in [-0.39, 0.29) is 0 Å². The molecule has 1 aliphatic heterocycles. The Morgan fingerprint density at radius 1 is 1.05 bits per heavy atom. The molecule has 20 heavy (non-hydrogen) atoms. The van der Waals surface area contributed by atoms with Gasteiger partial charge in [-0.05, 0) is 55.6 Å². The summed E-state index contributed by atoms with van der Waals surface area (Å²) in [7, 11) is 0. The third-order valence-electron chi connectivity index (χ3n) is 4.59. The largest absolute Gasteiger partial charge is 0.356 e. The Balaban J connectivity index is 2.18. The summed E-state index contributed by atoms with van der Waals surface area (Å²) in [6.07, 6.45) is 7.15. The van der Waals surface area contributed by atoms with Crippen molar-refractivity contribution in [3.05, 3.63) is 22.4 Å². The smallest absolute Gasteiger partial charge is 0.132 e. The molecule has 0 amide bonds. The molecule has 3 heteroatoms. The van der Waals surface area contributed by atoms with Crippen molar-refractivity contribution < 1.29 is 0 Å². The zero-order valence-corrected chi connectivity index (χ0v) is 12.6. The van der Waals surface area contributed by atoms with E-state index in [4.69, 9.17) is 4.98 Å². The number of hydrogen-bond donors (Lipinski definition) is 0. The molecular formula is C17H23N3. The van der Waals surface area contributed by atoms with Crippen molar-refractivity contribution in [3.63, 3.8) is 0 Å². The molecule has 3 rings (SSSR count). The van der Waals surface area contributed by atoms with E-state index in [0.717, 1.165) is 37.2 Å². The molecule has 0 bridgehead atoms. The van der Waals surface area contributed by atoms with Crippen LogP contribution in [0.3, 0.4) is 0 Å². The zero-order chi connectivity index (χ0) is 14.1. The summed E-state index contributed by atoms with van der Waals surface area (Å²) in [6, 6.07) is 2.44. The average molecular weight is 269 g/mol. The van der Waals surface area contributed by atoms with E-state index in [1.165, 1.54) is 42.6 Å². The average Bonchev–Trinajstić information content (AvgIpc) is 2.99. The Morgan fingerprint density at radius 3 is 2.30 bits per heavy atom. The van der Waals surface area contributed by atoms with E-state index in [2.05, 4.69) is 24.8 Å². The number of aromatic nitrogens is 1. The lowest BCUT2D eigenvalue weighted by Crippen LogP contribution is -2.24. The van der Waals surface area contributed by atoms with Crippen LogP contribution in [0, 0.1) is 11.3 Å². The molecule has 106 valence electrons. The molecule has 0 N–H and O–H groups in total. The second-order valence-corrected chi connectivity index (χ2v) is 6.32. The maximum atomic E-state index is 9.58. The van der Waals surface area contributed by atoms with Crippen LogP contribution >= 0.6 is 0 Å². The van der Waals surface area contributed by atoms with Crippen LogP contribution in [0.1, 0.15) is 67.8 Å². The maximum absolute atomic E-state index is 9.58. The van der Waals surface area contributed by atoms with Gasteiger partial charge < -0.3 is 4.90 Å². The molecule has 1 aromatic rings. The lowest BCUT2D eigenvalue weighted by atomic mass is 9.86. The van der Waals surface area contributed by atoms with Crippen LogP contribution in [0.25, 0.3) is 0 Å². The molecule has 1 aromatic heterocycles. The fourth-order valence-corrected chi connectivity index (χ4v) is 3.55. The standard InChI is InChI=1S/C17H23N3/c1-12(2)16-15(11-18)13-7-3-4-8-14(13)17(19-16)20-9-5-6-10-20/h12H,3-10H2,1-2H3. The third-order valence-corrected chi connectivity index (χ3v) is 4.59. The topological polar surface area (TPSA) is 39.9 Å². The number of anilines is 1. The lowest BCUT2D eigenvalue weighted by Gasteiger charge is -2.27. The highest BCUT2D eigenvalue weighted by molar-refractivity contribution is 5.60. The van der Waals surface area contributed by atoms with E-state index in [1.807, 2.05) is 0 Å². The van der Waals surface area contributed by atoms with Crippen molar-refractivity contribution >= 4 is 5.82 Å². The molecule has 1 saturated heterocycles. The van der Waals surface area contributed by atoms with Crippen molar-refractivity contribution in [3.8, 4) is 6.07 Å². The minimum absolute atomic E-state index is 0.318. The Kier molecular flexibility index (Phi) is 3.65. The minimum atomic E-state index is 0.318. The van der Waals surface area contributed by atoms with Crippen LogP contribution < -0.4 is 4.90 Å². The van der Waals surface area contributed by atoms with Gasteiger partial charge in [0.1, 0.15) is 11.9 Å². The first-order chi connectivity index (χ1) is 9.72. The zero-order valence-electron chi connectivity index (χ0n) is 12.6. The Hall–Kier alpha value is -1.56. The van der Waals surface area contributed by atoms with Crippen molar-refractivity contribution in [2.45, 2.75) is 58.3 Å². The molecule has 0 atom stereocenters. The predicted molar refractivity (Wildman–Crippen MR) is 81.1 cm³/mol. The summed E-state index contributed by atoms with van der Waals surface area (Å²) in [5.74, 6) is 1.51. The van der Waals surface area contributed by atoms with Crippen molar-refractivity contribution in [1.29, 1.82) is 5.26 Å².